The number of aromatic amines is 2. The summed E-state index contributed by atoms with van der Waals surface area (Å²) in [4.78, 5) is 36.5. The van der Waals surface area contributed by atoms with Crippen molar-refractivity contribution in [2.75, 3.05) is 0 Å². The largest absolute Gasteiger partial charge is 0.338 e. The Kier molecular flexibility index (Phi) is 5.28. The van der Waals surface area contributed by atoms with E-state index in [0.717, 1.165) is 65.0 Å². The minimum atomic E-state index is 0.0610. The van der Waals surface area contributed by atoms with E-state index in [9.17, 15) is 9.59 Å². The van der Waals surface area contributed by atoms with E-state index in [1.54, 1.807) is 6.20 Å². The van der Waals surface area contributed by atoms with Gasteiger partial charge >= 0.3 is 0 Å². The summed E-state index contributed by atoms with van der Waals surface area (Å²) in [7, 11) is 0.128. The molecule has 0 amide bonds. The number of hydrogen-bond acceptors (Lipinski definition) is 4. The van der Waals surface area contributed by atoms with E-state index in [2.05, 4.69) is 50.3 Å². The van der Waals surface area contributed by atoms with E-state index >= 15 is 0 Å². The molecule has 0 saturated heterocycles. The molecule has 0 bridgehead atoms. The highest BCUT2D eigenvalue weighted by molar-refractivity contribution is 7.62. The van der Waals surface area contributed by atoms with Gasteiger partial charge in [0.05, 0.1) is 23.8 Å². The van der Waals surface area contributed by atoms with Crippen LogP contribution in [0.3, 0.4) is 0 Å². The van der Waals surface area contributed by atoms with Crippen molar-refractivity contribution in [3.63, 3.8) is 0 Å². The normalized spacial score (nSPS) is 18.3. The molecule has 2 N–H and O–H groups in total. The molecule has 0 aliphatic heterocycles. The Morgan fingerprint density at radius 3 is 2.47 bits per heavy atom. The minimum Gasteiger partial charge on any atom is -0.338 e. The zero-order valence-corrected chi connectivity index (χ0v) is 18.1. The number of nitrogens with zero attached hydrogens (tertiary/aromatic N) is 2. The first-order valence-electron chi connectivity index (χ1n) is 9.79. The lowest BCUT2D eigenvalue weighted by atomic mass is 9.74. The minimum absolute atomic E-state index is 0.0610. The van der Waals surface area contributed by atoms with Gasteiger partial charge in [-0.15, -0.1) is 0 Å². The summed E-state index contributed by atoms with van der Waals surface area (Å²) in [6.07, 6.45) is 11.2. The SMILES string of the molecule is O=CPc1ncc(C2=CCC3C(=C2)CCc2cc(-c4cnc(PC=O)[nH]4)ccc23)[nH]1. The first-order chi connectivity index (χ1) is 14.7. The Labute approximate surface area is 177 Å². The lowest BCUT2D eigenvalue weighted by Gasteiger charge is -2.31. The van der Waals surface area contributed by atoms with Crippen LogP contribution in [0.2, 0.25) is 0 Å². The molecular formula is C22H20N4O2P2. The number of imidazole rings is 2. The number of hydrogen-bond donors (Lipinski definition) is 2. The number of fused-ring (bicyclic) bond motifs is 3. The third-order valence-electron chi connectivity index (χ3n) is 5.73. The number of H-pyrrole nitrogens is 2. The van der Waals surface area contributed by atoms with Crippen LogP contribution in [-0.2, 0) is 16.0 Å². The lowest BCUT2D eigenvalue weighted by Crippen LogP contribution is -2.15. The van der Waals surface area contributed by atoms with Gasteiger partial charge in [-0.3, -0.25) is 9.59 Å². The van der Waals surface area contributed by atoms with Crippen LogP contribution in [-0.4, -0.2) is 32.0 Å². The molecule has 1 aromatic carbocycles. The van der Waals surface area contributed by atoms with Crippen LogP contribution >= 0.6 is 17.2 Å². The monoisotopic (exact) mass is 434 g/mol. The summed E-state index contributed by atoms with van der Waals surface area (Å²) in [5, 5.41) is 0. The van der Waals surface area contributed by atoms with Gasteiger partial charge in [-0.05, 0) is 47.6 Å². The van der Waals surface area contributed by atoms with Gasteiger partial charge in [0.25, 0.3) is 0 Å². The molecular weight excluding hydrogens is 414 g/mol. The zero-order valence-electron chi connectivity index (χ0n) is 16.1. The van der Waals surface area contributed by atoms with E-state index in [-0.39, 0.29) is 17.2 Å². The second kappa shape index (κ2) is 8.22. The summed E-state index contributed by atoms with van der Waals surface area (Å²) >= 11 is 0. The van der Waals surface area contributed by atoms with Gasteiger partial charge in [0.15, 0.2) is 0 Å². The maximum absolute atomic E-state index is 10.7. The Bertz CT molecular complexity index is 1190. The topological polar surface area (TPSA) is 91.5 Å². The fourth-order valence-electron chi connectivity index (χ4n) is 4.32. The van der Waals surface area contributed by atoms with Crippen LogP contribution in [0.25, 0.3) is 16.8 Å². The lowest BCUT2D eigenvalue weighted by molar-refractivity contribution is 0.569. The smallest absolute Gasteiger partial charge is 0.146 e. The Morgan fingerprint density at radius 2 is 1.70 bits per heavy atom. The molecule has 0 spiro atoms. The highest BCUT2D eigenvalue weighted by Crippen LogP contribution is 2.43. The predicted molar refractivity (Wildman–Crippen MR) is 124 cm³/mol. The summed E-state index contributed by atoms with van der Waals surface area (Å²) in [6.45, 7) is 0. The maximum atomic E-state index is 10.7. The first-order valence-corrected chi connectivity index (χ1v) is 11.9. The zero-order chi connectivity index (χ0) is 20.5. The molecule has 0 saturated carbocycles. The van der Waals surface area contributed by atoms with E-state index in [1.807, 2.05) is 6.20 Å². The van der Waals surface area contributed by atoms with Crippen molar-refractivity contribution < 1.29 is 9.59 Å². The standard InChI is InChI=1S/C22H20N4O2P2/c27-11-29-21-23-9-19(25-21)15-3-5-17-13(7-15)1-2-14-8-16(4-6-18(14)17)20-10-24-22(26-20)30-12-28/h3-5,7-12,18,29-30H,1-2,6H2,(H,23,25)(H,24,26). The first kappa shape index (κ1) is 19.3. The number of rotatable bonds is 6. The quantitative estimate of drug-likeness (QED) is 0.460. The fraction of sp³-hybridized carbons (Fsp3) is 0.182. The molecule has 30 heavy (non-hydrogen) atoms. The summed E-state index contributed by atoms with van der Waals surface area (Å²) < 4.78 is 0. The molecule has 3 unspecified atom stereocenters. The van der Waals surface area contributed by atoms with Crippen LogP contribution in [0.4, 0.5) is 0 Å². The van der Waals surface area contributed by atoms with Crippen molar-refractivity contribution in [2.45, 2.75) is 25.2 Å². The predicted octanol–water partition coefficient (Wildman–Crippen LogP) is 3.23. The molecule has 2 aliphatic rings. The molecule has 5 rings (SSSR count). The van der Waals surface area contributed by atoms with Crippen LogP contribution in [0.5, 0.6) is 0 Å². The van der Waals surface area contributed by atoms with Crippen molar-refractivity contribution >= 4 is 45.9 Å². The number of aromatic nitrogens is 4. The molecule has 0 fully saturated rings. The number of carbonyl (C=O) groups is 2. The second-order valence-electron chi connectivity index (χ2n) is 7.40. The van der Waals surface area contributed by atoms with Crippen molar-refractivity contribution in [1.82, 2.24) is 19.9 Å². The van der Waals surface area contributed by atoms with E-state index in [1.165, 1.54) is 16.7 Å². The van der Waals surface area contributed by atoms with Crippen molar-refractivity contribution in [3.8, 4) is 11.3 Å². The number of carbonyl (C=O) groups excluding carboxylic acids is 2. The van der Waals surface area contributed by atoms with Gasteiger partial charge in [0.2, 0.25) is 0 Å². The Balaban J connectivity index is 1.39. The highest BCUT2D eigenvalue weighted by Gasteiger charge is 2.27. The summed E-state index contributed by atoms with van der Waals surface area (Å²) in [5.41, 5.74) is 9.92. The molecule has 2 heterocycles. The maximum Gasteiger partial charge on any atom is 0.146 e. The molecule has 3 aromatic rings. The molecule has 3 atom stereocenters. The van der Waals surface area contributed by atoms with Gasteiger partial charge in [0.1, 0.15) is 23.2 Å². The van der Waals surface area contributed by atoms with E-state index in [4.69, 9.17) is 0 Å². The van der Waals surface area contributed by atoms with Crippen LogP contribution in [0.1, 0.15) is 35.6 Å². The van der Waals surface area contributed by atoms with Gasteiger partial charge < -0.3 is 9.97 Å². The summed E-state index contributed by atoms with van der Waals surface area (Å²) in [5.74, 6) is 0.416. The third-order valence-corrected chi connectivity index (χ3v) is 7.02. The molecule has 2 aliphatic carbocycles. The Morgan fingerprint density at radius 1 is 0.967 bits per heavy atom. The number of benzene rings is 1. The van der Waals surface area contributed by atoms with Gasteiger partial charge in [-0.1, -0.05) is 29.9 Å². The van der Waals surface area contributed by atoms with Gasteiger partial charge in [-0.25, -0.2) is 9.97 Å². The van der Waals surface area contributed by atoms with Crippen molar-refractivity contribution in [1.29, 1.82) is 0 Å². The molecule has 8 heteroatoms. The molecule has 0 radical (unpaired) electrons. The van der Waals surface area contributed by atoms with Gasteiger partial charge in [-0.2, -0.15) is 0 Å². The molecule has 150 valence electrons. The van der Waals surface area contributed by atoms with E-state index in [0.29, 0.717) is 5.92 Å². The average Bonchev–Trinajstić information content (AvgIpc) is 3.43. The molecule has 2 aromatic heterocycles. The number of nitrogens with one attached hydrogen (secondary N) is 2. The van der Waals surface area contributed by atoms with Gasteiger partial charge in [0, 0.05) is 23.1 Å². The van der Waals surface area contributed by atoms with Crippen LogP contribution < -0.4 is 11.1 Å². The van der Waals surface area contributed by atoms with Crippen molar-refractivity contribution in [3.05, 3.63) is 65.1 Å². The van der Waals surface area contributed by atoms with Crippen molar-refractivity contribution in [2.24, 2.45) is 0 Å². The van der Waals surface area contributed by atoms with E-state index < -0.39 is 0 Å². The highest BCUT2D eigenvalue weighted by atomic mass is 31.1. The second-order valence-corrected chi connectivity index (χ2v) is 9.39. The Hall–Kier alpha value is -2.68. The summed E-state index contributed by atoms with van der Waals surface area (Å²) in [6, 6.07) is 8.42. The number of allylic oxidation sites excluding steroid dienone is 4. The average molecular weight is 434 g/mol. The van der Waals surface area contributed by atoms with Crippen LogP contribution in [0, 0.1) is 0 Å². The fourth-order valence-corrected chi connectivity index (χ4v) is 5.23. The number of aryl methyl sites for hydroxylation is 1. The molecule has 6 nitrogen and oxygen atoms in total. The van der Waals surface area contributed by atoms with Crippen LogP contribution in [0.15, 0.2) is 48.3 Å². The third kappa shape index (κ3) is 3.62.